The van der Waals surface area contributed by atoms with Crippen LogP contribution in [0.1, 0.15) is 16.1 Å². The minimum Gasteiger partial charge on any atom is -0.353 e. The lowest BCUT2D eigenvalue weighted by Crippen LogP contribution is -2.06. The minimum absolute atomic E-state index is 0.256. The molecule has 0 amide bonds. The molecule has 0 saturated carbocycles. The maximum absolute atomic E-state index is 13.2. The van der Waals surface area contributed by atoms with Crippen LogP contribution in [-0.4, -0.2) is 15.8 Å². The Hall–Kier alpha value is -2.53. The third kappa shape index (κ3) is 2.24. The molecule has 5 heteroatoms. The van der Waals surface area contributed by atoms with Gasteiger partial charge in [0, 0.05) is 32.5 Å². The van der Waals surface area contributed by atoms with Crippen molar-refractivity contribution in [2.45, 2.75) is 0 Å². The van der Waals surface area contributed by atoms with Crippen molar-refractivity contribution in [3.8, 4) is 0 Å². The lowest BCUT2D eigenvalue weighted by molar-refractivity contribution is 0.103. The number of pyridine rings is 1. The minimum atomic E-state index is -0.398. The fourth-order valence-electron chi connectivity index (χ4n) is 2.75. The molecule has 0 spiro atoms. The van der Waals surface area contributed by atoms with Gasteiger partial charge in [-0.15, -0.1) is 0 Å². The summed E-state index contributed by atoms with van der Waals surface area (Å²) in [6.45, 7) is 0. The standard InChI is InChI=1S/C18H10BrFN2O/c19-14-9-10(20)5-6-13(14)18(23)17-16-12(7-8-21-17)11-3-1-2-4-15(11)22-16/h1-9,22H. The number of para-hydroxylation sites is 1. The average Bonchev–Trinajstić information content (AvgIpc) is 2.93. The van der Waals surface area contributed by atoms with E-state index in [-0.39, 0.29) is 5.78 Å². The van der Waals surface area contributed by atoms with E-state index in [0.29, 0.717) is 21.2 Å². The van der Waals surface area contributed by atoms with E-state index in [2.05, 4.69) is 25.9 Å². The van der Waals surface area contributed by atoms with Crippen molar-refractivity contribution in [1.29, 1.82) is 0 Å². The number of benzene rings is 2. The Morgan fingerprint density at radius 1 is 1.09 bits per heavy atom. The molecule has 1 N–H and O–H groups in total. The number of H-pyrrole nitrogens is 1. The van der Waals surface area contributed by atoms with Crippen LogP contribution in [0.5, 0.6) is 0 Å². The van der Waals surface area contributed by atoms with Crippen LogP contribution >= 0.6 is 15.9 Å². The Balaban J connectivity index is 1.96. The summed E-state index contributed by atoms with van der Waals surface area (Å²) in [6, 6.07) is 13.7. The normalized spacial score (nSPS) is 11.2. The van der Waals surface area contributed by atoms with Crippen molar-refractivity contribution in [1.82, 2.24) is 9.97 Å². The quantitative estimate of drug-likeness (QED) is 0.514. The van der Waals surface area contributed by atoms with E-state index < -0.39 is 5.82 Å². The molecule has 2 aromatic carbocycles. The molecule has 0 atom stereocenters. The van der Waals surface area contributed by atoms with E-state index in [1.165, 1.54) is 18.2 Å². The molecule has 0 aliphatic heterocycles. The second kappa shape index (κ2) is 5.28. The van der Waals surface area contributed by atoms with Crippen LogP contribution in [0.4, 0.5) is 4.39 Å². The van der Waals surface area contributed by atoms with Gasteiger partial charge >= 0.3 is 0 Å². The third-order valence-electron chi connectivity index (χ3n) is 3.82. The molecule has 0 aliphatic rings. The Morgan fingerprint density at radius 2 is 1.91 bits per heavy atom. The topological polar surface area (TPSA) is 45.8 Å². The predicted octanol–water partition coefficient (Wildman–Crippen LogP) is 4.85. The highest BCUT2D eigenvalue weighted by Gasteiger charge is 2.19. The summed E-state index contributed by atoms with van der Waals surface area (Å²) in [5.41, 5.74) is 2.34. The molecule has 2 aromatic heterocycles. The van der Waals surface area contributed by atoms with E-state index in [9.17, 15) is 9.18 Å². The molecule has 0 fully saturated rings. The number of hydrogen-bond donors (Lipinski definition) is 1. The summed E-state index contributed by atoms with van der Waals surface area (Å²) >= 11 is 3.24. The number of carbonyl (C=O) groups is 1. The van der Waals surface area contributed by atoms with Gasteiger partial charge in [-0.25, -0.2) is 4.39 Å². The van der Waals surface area contributed by atoms with Gasteiger partial charge in [-0.05, 0) is 46.3 Å². The van der Waals surface area contributed by atoms with E-state index >= 15 is 0 Å². The number of aromatic amines is 1. The highest BCUT2D eigenvalue weighted by molar-refractivity contribution is 9.10. The molecule has 4 aromatic rings. The summed E-state index contributed by atoms with van der Waals surface area (Å²) in [7, 11) is 0. The summed E-state index contributed by atoms with van der Waals surface area (Å²) < 4.78 is 13.7. The molecule has 2 heterocycles. The van der Waals surface area contributed by atoms with Crippen LogP contribution in [-0.2, 0) is 0 Å². The van der Waals surface area contributed by atoms with Gasteiger partial charge in [0.2, 0.25) is 5.78 Å². The van der Waals surface area contributed by atoms with Crippen molar-refractivity contribution in [3.05, 3.63) is 76.3 Å². The number of hydrogen-bond acceptors (Lipinski definition) is 2. The van der Waals surface area contributed by atoms with Gasteiger partial charge in [0.05, 0.1) is 5.52 Å². The van der Waals surface area contributed by atoms with Gasteiger partial charge < -0.3 is 4.98 Å². The van der Waals surface area contributed by atoms with Crippen molar-refractivity contribution in [2.24, 2.45) is 0 Å². The Labute approximate surface area is 139 Å². The van der Waals surface area contributed by atoms with Gasteiger partial charge in [0.15, 0.2) is 0 Å². The molecule has 0 unspecified atom stereocenters. The second-order valence-electron chi connectivity index (χ2n) is 5.21. The third-order valence-corrected chi connectivity index (χ3v) is 4.47. The number of aromatic nitrogens is 2. The summed E-state index contributed by atoms with van der Waals surface area (Å²) in [5.74, 6) is -0.653. The number of nitrogens with one attached hydrogen (secondary N) is 1. The van der Waals surface area contributed by atoms with Crippen LogP contribution in [0.3, 0.4) is 0 Å². The van der Waals surface area contributed by atoms with Crippen molar-refractivity contribution in [2.75, 3.05) is 0 Å². The number of carbonyl (C=O) groups excluding carboxylic acids is 1. The first-order valence-electron chi connectivity index (χ1n) is 7.00. The van der Waals surface area contributed by atoms with Crippen molar-refractivity contribution in [3.63, 3.8) is 0 Å². The number of rotatable bonds is 2. The Morgan fingerprint density at radius 3 is 2.74 bits per heavy atom. The zero-order chi connectivity index (χ0) is 16.0. The molecule has 0 saturated heterocycles. The fraction of sp³-hybridized carbons (Fsp3) is 0. The summed E-state index contributed by atoms with van der Waals surface area (Å²) in [4.78, 5) is 20.3. The van der Waals surface area contributed by atoms with E-state index in [0.717, 1.165) is 16.3 Å². The largest absolute Gasteiger partial charge is 0.353 e. The van der Waals surface area contributed by atoms with Gasteiger partial charge in [0.1, 0.15) is 11.5 Å². The maximum Gasteiger partial charge on any atom is 0.214 e. The SMILES string of the molecule is O=C(c1ccc(F)cc1Br)c1nccc2c1[nH]c1ccccc12. The molecule has 0 aliphatic carbocycles. The molecule has 23 heavy (non-hydrogen) atoms. The van der Waals surface area contributed by atoms with Crippen molar-refractivity contribution >= 4 is 43.5 Å². The zero-order valence-electron chi connectivity index (χ0n) is 11.8. The van der Waals surface area contributed by atoms with Crippen LogP contribution in [0.15, 0.2) is 59.2 Å². The molecular weight excluding hydrogens is 359 g/mol. The highest BCUT2D eigenvalue weighted by atomic mass is 79.9. The number of fused-ring (bicyclic) bond motifs is 3. The Bertz CT molecular complexity index is 1070. The van der Waals surface area contributed by atoms with Gasteiger partial charge in [-0.1, -0.05) is 18.2 Å². The van der Waals surface area contributed by atoms with E-state index in [1.54, 1.807) is 6.20 Å². The van der Waals surface area contributed by atoms with Crippen LogP contribution in [0, 0.1) is 5.82 Å². The Kier molecular flexibility index (Phi) is 3.23. The van der Waals surface area contributed by atoms with Gasteiger partial charge in [0.25, 0.3) is 0 Å². The lowest BCUT2D eigenvalue weighted by atomic mass is 10.1. The first kappa shape index (κ1) is 14.1. The molecular formula is C18H10BrFN2O. The molecule has 112 valence electrons. The highest BCUT2D eigenvalue weighted by Crippen LogP contribution is 2.29. The monoisotopic (exact) mass is 368 g/mol. The van der Waals surface area contributed by atoms with Crippen molar-refractivity contribution < 1.29 is 9.18 Å². The van der Waals surface area contributed by atoms with Crippen LogP contribution in [0.2, 0.25) is 0 Å². The van der Waals surface area contributed by atoms with Crippen LogP contribution < -0.4 is 0 Å². The maximum atomic E-state index is 13.2. The number of nitrogens with zero attached hydrogens (tertiary/aromatic N) is 1. The van der Waals surface area contributed by atoms with Gasteiger partial charge in [-0.2, -0.15) is 0 Å². The first-order valence-corrected chi connectivity index (χ1v) is 7.79. The van der Waals surface area contributed by atoms with E-state index in [1.807, 2.05) is 30.3 Å². The van der Waals surface area contributed by atoms with Crippen LogP contribution in [0.25, 0.3) is 21.8 Å². The average molecular weight is 369 g/mol. The second-order valence-corrected chi connectivity index (χ2v) is 6.06. The van der Waals surface area contributed by atoms with Gasteiger partial charge in [-0.3, -0.25) is 9.78 Å². The molecule has 4 rings (SSSR count). The molecule has 0 radical (unpaired) electrons. The number of halogens is 2. The first-order chi connectivity index (χ1) is 11.1. The lowest BCUT2D eigenvalue weighted by Gasteiger charge is -2.04. The van der Waals surface area contributed by atoms with E-state index in [4.69, 9.17) is 0 Å². The summed E-state index contributed by atoms with van der Waals surface area (Å²) in [5, 5.41) is 1.98. The fourth-order valence-corrected chi connectivity index (χ4v) is 3.28. The number of ketones is 1. The predicted molar refractivity (Wildman–Crippen MR) is 91.1 cm³/mol. The molecule has 3 nitrogen and oxygen atoms in total. The molecule has 0 bridgehead atoms. The zero-order valence-corrected chi connectivity index (χ0v) is 13.4. The summed E-state index contributed by atoms with van der Waals surface area (Å²) in [6.07, 6.45) is 1.62. The smallest absolute Gasteiger partial charge is 0.214 e.